The maximum atomic E-state index is 12.1. The van der Waals surface area contributed by atoms with Crippen molar-refractivity contribution in [2.24, 2.45) is 0 Å². The lowest BCUT2D eigenvalue weighted by Gasteiger charge is -2.25. The number of pyridine rings is 1. The molecule has 0 aliphatic carbocycles. The Bertz CT molecular complexity index is 598. The average Bonchev–Trinajstić information content (AvgIpc) is 2.53. The molecular weight excluding hydrogens is 252 g/mol. The number of carbonyl (C=O) groups excluding carboxylic acids is 1. The molecule has 1 aliphatic rings. The minimum absolute atomic E-state index is 0.0663. The van der Waals surface area contributed by atoms with Gasteiger partial charge in [-0.15, -0.1) is 0 Å². The first-order valence-electron chi connectivity index (χ1n) is 6.74. The number of para-hydroxylation sites is 1. The van der Waals surface area contributed by atoms with Gasteiger partial charge in [0, 0.05) is 18.9 Å². The van der Waals surface area contributed by atoms with Crippen molar-refractivity contribution in [1.29, 1.82) is 0 Å². The van der Waals surface area contributed by atoms with Crippen LogP contribution in [0.1, 0.15) is 17.5 Å². The molecule has 20 heavy (non-hydrogen) atoms. The Morgan fingerprint density at radius 2 is 2.20 bits per heavy atom. The maximum absolute atomic E-state index is 12.1. The van der Waals surface area contributed by atoms with Crippen LogP contribution < -0.4 is 10.1 Å². The number of aryl methyl sites for hydroxylation is 1. The van der Waals surface area contributed by atoms with E-state index in [0.717, 1.165) is 24.2 Å². The zero-order chi connectivity index (χ0) is 13.8. The van der Waals surface area contributed by atoms with E-state index in [1.54, 1.807) is 12.4 Å². The standard InChI is InChI=1S/C16H16N2O2/c19-16(18-11-12-4-3-9-17-10-12)15-8-7-13-5-1-2-6-14(13)20-15/h1-6,9-10,15H,7-8,11H2,(H,18,19)/t15-/m0/s1. The number of benzene rings is 1. The molecule has 1 aromatic heterocycles. The SMILES string of the molecule is O=C(NCc1cccnc1)[C@@H]1CCc2ccccc2O1. The van der Waals surface area contributed by atoms with E-state index >= 15 is 0 Å². The van der Waals surface area contributed by atoms with E-state index in [2.05, 4.69) is 10.3 Å². The van der Waals surface area contributed by atoms with Crippen molar-refractivity contribution in [3.63, 3.8) is 0 Å². The predicted molar refractivity (Wildman–Crippen MR) is 75.3 cm³/mol. The van der Waals surface area contributed by atoms with Crippen LogP contribution in [-0.4, -0.2) is 17.0 Å². The molecule has 0 unspecified atom stereocenters. The second-order valence-corrected chi connectivity index (χ2v) is 4.83. The third-order valence-electron chi connectivity index (χ3n) is 3.40. The molecule has 1 amide bonds. The first kappa shape index (κ1) is 12.7. The zero-order valence-corrected chi connectivity index (χ0v) is 11.1. The van der Waals surface area contributed by atoms with Gasteiger partial charge in [-0.1, -0.05) is 24.3 Å². The minimum atomic E-state index is -0.401. The summed E-state index contributed by atoms with van der Waals surface area (Å²) in [6.07, 6.45) is 4.66. The monoisotopic (exact) mass is 268 g/mol. The molecule has 0 saturated heterocycles. The number of carbonyl (C=O) groups is 1. The molecule has 1 aliphatic heterocycles. The van der Waals surface area contributed by atoms with E-state index in [9.17, 15) is 4.79 Å². The molecule has 0 spiro atoms. The van der Waals surface area contributed by atoms with Gasteiger partial charge in [0.1, 0.15) is 5.75 Å². The van der Waals surface area contributed by atoms with E-state index < -0.39 is 6.10 Å². The third-order valence-corrected chi connectivity index (χ3v) is 3.40. The lowest BCUT2D eigenvalue weighted by molar-refractivity contribution is -0.128. The van der Waals surface area contributed by atoms with Crippen molar-refractivity contribution in [2.45, 2.75) is 25.5 Å². The Kier molecular flexibility index (Phi) is 3.63. The van der Waals surface area contributed by atoms with Gasteiger partial charge in [0.05, 0.1) is 0 Å². The van der Waals surface area contributed by atoms with E-state index in [1.807, 2.05) is 36.4 Å². The Balaban J connectivity index is 1.59. The summed E-state index contributed by atoms with van der Waals surface area (Å²) in [6.45, 7) is 0.480. The fourth-order valence-corrected chi connectivity index (χ4v) is 2.31. The number of aromatic nitrogens is 1. The molecule has 0 bridgehead atoms. The number of hydrogen-bond acceptors (Lipinski definition) is 3. The normalized spacial score (nSPS) is 16.9. The molecule has 2 aromatic rings. The number of nitrogens with one attached hydrogen (secondary N) is 1. The number of amides is 1. The van der Waals surface area contributed by atoms with Gasteiger partial charge in [-0.25, -0.2) is 0 Å². The molecule has 1 atom stereocenters. The molecule has 0 saturated carbocycles. The van der Waals surface area contributed by atoms with Crippen LogP contribution in [0.15, 0.2) is 48.8 Å². The fraction of sp³-hybridized carbons (Fsp3) is 0.250. The van der Waals surface area contributed by atoms with Crippen molar-refractivity contribution in [1.82, 2.24) is 10.3 Å². The molecule has 4 heteroatoms. The van der Waals surface area contributed by atoms with Crippen LogP contribution in [0.25, 0.3) is 0 Å². The Labute approximate surface area is 117 Å². The van der Waals surface area contributed by atoms with E-state index in [-0.39, 0.29) is 5.91 Å². The van der Waals surface area contributed by atoms with Crippen molar-refractivity contribution in [2.75, 3.05) is 0 Å². The van der Waals surface area contributed by atoms with Gasteiger partial charge in [-0.2, -0.15) is 0 Å². The van der Waals surface area contributed by atoms with Crippen molar-refractivity contribution >= 4 is 5.91 Å². The van der Waals surface area contributed by atoms with Crippen LogP contribution in [0.2, 0.25) is 0 Å². The van der Waals surface area contributed by atoms with Gasteiger partial charge >= 0.3 is 0 Å². The quantitative estimate of drug-likeness (QED) is 0.927. The molecular formula is C16H16N2O2. The summed E-state index contributed by atoms with van der Waals surface area (Å²) in [4.78, 5) is 16.1. The predicted octanol–water partition coefficient (Wildman–Crippen LogP) is 2.09. The van der Waals surface area contributed by atoms with Crippen LogP contribution in [0.5, 0.6) is 5.75 Å². The summed E-state index contributed by atoms with van der Waals surface area (Å²) < 4.78 is 5.75. The Hall–Kier alpha value is -2.36. The van der Waals surface area contributed by atoms with Crippen molar-refractivity contribution < 1.29 is 9.53 Å². The van der Waals surface area contributed by atoms with Gasteiger partial charge in [0.2, 0.25) is 0 Å². The first-order chi connectivity index (χ1) is 9.83. The molecule has 102 valence electrons. The molecule has 3 rings (SSSR count). The minimum Gasteiger partial charge on any atom is -0.480 e. The van der Waals surface area contributed by atoms with Crippen molar-refractivity contribution in [3.05, 3.63) is 59.9 Å². The Morgan fingerprint density at radius 3 is 3.05 bits per heavy atom. The topological polar surface area (TPSA) is 51.2 Å². The highest BCUT2D eigenvalue weighted by Crippen LogP contribution is 2.26. The first-order valence-corrected chi connectivity index (χ1v) is 6.74. The van der Waals surface area contributed by atoms with Crippen molar-refractivity contribution in [3.8, 4) is 5.75 Å². The molecule has 4 nitrogen and oxygen atoms in total. The molecule has 1 aromatic carbocycles. The van der Waals surface area contributed by atoms with Gasteiger partial charge < -0.3 is 10.1 Å². The van der Waals surface area contributed by atoms with Crippen LogP contribution in [0.4, 0.5) is 0 Å². The number of nitrogens with zero attached hydrogens (tertiary/aromatic N) is 1. The fourth-order valence-electron chi connectivity index (χ4n) is 2.31. The summed E-state index contributed by atoms with van der Waals surface area (Å²) >= 11 is 0. The van der Waals surface area contributed by atoms with Gasteiger partial charge in [0.25, 0.3) is 5.91 Å². The second kappa shape index (κ2) is 5.74. The maximum Gasteiger partial charge on any atom is 0.261 e. The lowest BCUT2D eigenvalue weighted by atomic mass is 10.0. The smallest absolute Gasteiger partial charge is 0.261 e. The van der Waals surface area contributed by atoms with Crippen LogP contribution >= 0.6 is 0 Å². The number of hydrogen-bond donors (Lipinski definition) is 1. The largest absolute Gasteiger partial charge is 0.480 e. The second-order valence-electron chi connectivity index (χ2n) is 4.83. The van der Waals surface area contributed by atoms with Gasteiger partial charge in [-0.05, 0) is 36.1 Å². The highest BCUT2D eigenvalue weighted by atomic mass is 16.5. The number of ether oxygens (including phenoxy) is 1. The average molecular weight is 268 g/mol. The Morgan fingerprint density at radius 1 is 1.30 bits per heavy atom. The van der Waals surface area contributed by atoms with Crippen LogP contribution in [0, 0.1) is 0 Å². The van der Waals surface area contributed by atoms with Gasteiger partial charge in [-0.3, -0.25) is 9.78 Å². The van der Waals surface area contributed by atoms with E-state index in [4.69, 9.17) is 4.74 Å². The van der Waals surface area contributed by atoms with Crippen LogP contribution in [-0.2, 0) is 17.8 Å². The molecule has 1 N–H and O–H groups in total. The summed E-state index contributed by atoms with van der Waals surface area (Å²) in [5, 5.41) is 2.90. The molecule has 0 fully saturated rings. The highest BCUT2D eigenvalue weighted by Gasteiger charge is 2.25. The lowest BCUT2D eigenvalue weighted by Crippen LogP contribution is -2.40. The van der Waals surface area contributed by atoms with E-state index in [0.29, 0.717) is 6.54 Å². The summed E-state index contributed by atoms with van der Waals surface area (Å²) in [6, 6.07) is 11.7. The third kappa shape index (κ3) is 2.79. The number of fused-ring (bicyclic) bond motifs is 1. The summed E-state index contributed by atoms with van der Waals surface area (Å²) in [7, 11) is 0. The van der Waals surface area contributed by atoms with Crippen LogP contribution in [0.3, 0.4) is 0 Å². The molecule has 0 radical (unpaired) electrons. The molecule has 2 heterocycles. The number of rotatable bonds is 3. The highest BCUT2D eigenvalue weighted by molar-refractivity contribution is 5.81. The summed E-state index contributed by atoms with van der Waals surface area (Å²) in [5.41, 5.74) is 2.15. The van der Waals surface area contributed by atoms with E-state index in [1.165, 1.54) is 5.56 Å². The van der Waals surface area contributed by atoms with Gasteiger partial charge in [0.15, 0.2) is 6.10 Å². The summed E-state index contributed by atoms with van der Waals surface area (Å²) in [5.74, 6) is 0.753. The zero-order valence-electron chi connectivity index (χ0n) is 11.1.